The van der Waals surface area contributed by atoms with Crippen LogP contribution in [0.1, 0.15) is 16.1 Å². The second-order valence-electron chi connectivity index (χ2n) is 7.13. The fraction of sp³-hybridized carbons (Fsp3) is 0.318. The molecule has 0 atom stereocenters. The number of rotatable bonds is 5. The molecule has 1 fully saturated rings. The van der Waals surface area contributed by atoms with E-state index in [4.69, 9.17) is 9.47 Å². The quantitative estimate of drug-likeness (QED) is 0.718. The summed E-state index contributed by atoms with van der Waals surface area (Å²) >= 11 is 0. The molecule has 6 nitrogen and oxygen atoms in total. The normalized spacial score (nSPS) is 14.9. The molecule has 1 aromatic heterocycles. The fourth-order valence-corrected chi connectivity index (χ4v) is 3.76. The summed E-state index contributed by atoms with van der Waals surface area (Å²) in [5, 5.41) is 0.444. The Labute approximate surface area is 168 Å². The Morgan fingerprint density at radius 3 is 2.55 bits per heavy atom. The van der Waals surface area contributed by atoms with Crippen LogP contribution in [0.3, 0.4) is 0 Å². The highest BCUT2D eigenvalue weighted by molar-refractivity contribution is 5.98. The maximum absolute atomic E-state index is 13.9. The summed E-state index contributed by atoms with van der Waals surface area (Å²) in [6.45, 7) is 3.45. The third-order valence-corrected chi connectivity index (χ3v) is 5.38. The van der Waals surface area contributed by atoms with Crippen LogP contribution >= 0.6 is 0 Å². The number of benzene rings is 2. The van der Waals surface area contributed by atoms with Crippen LogP contribution in [0.5, 0.6) is 11.5 Å². The smallest absolute Gasteiger partial charge is 0.270 e. The van der Waals surface area contributed by atoms with Crippen molar-refractivity contribution in [2.24, 2.45) is 0 Å². The minimum absolute atomic E-state index is 0.0980. The lowest BCUT2D eigenvalue weighted by Crippen LogP contribution is -2.48. The monoisotopic (exact) mass is 397 g/mol. The number of H-pyrrole nitrogens is 1. The van der Waals surface area contributed by atoms with Gasteiger partial charge >= 0.3 is 0 Å². The second-order valence-corrected chi connectivity index (χ2v) is 7.13. The summed E-state index contributed by atoms with van der Waals surface area (Å²) in [6.07, 6.45) is 0. The molecule has 1 saturated heterocycles. The number of nitrogens with zero attached hydrogens (tertiary/aromatic N) is 2. The summed E-state index contributed by atoms with van der Waals surface area (Å²) < 4.78 is 24.7. The Bertz CT molecular complexity index is 1030. The predicted molar refractivity (Wildman–Crippen MR) is 109 cm³/mol. The Hall–Kier alpha value is -3.06. The molecule has 4 rings (SSSR count). The van der Waals surface area contributed by atoms with Gasteiger partial charge in [0.15, 0.2) is 0 Å². The average molecular weight is 397 g/mol. The highest BCUT2D eigenvalue weighted by atomic mass is 19.1. The van der Waals surface area contributed by atoms with Crippen molar-refractivity contribution < 1.29 is 18.7 Å². The summed E-state index contributed by atoms with van der Waals surface area (Å²) in [4.78, 5) is 20.0. The van der Waals surface area contributed by atoms with E-state index in [-0.39, 0.29) is 11.7 Å². The summed E-state index contributed by atoms with van der Waals surface area (Å²) in [5.74, 6) is 1.19. The SMILES string of the molecule is COc1ccc(OC)c(CN2CCN(C(=O)c3cc4c(F)cccc4[nH]3)CC2)c1. The molecule has 1 aliphatic rings. The fourth-order valence-electron chi connectivity index (χ4n) is 3.76. The van der Waals surface area contributed by atoms with Gasteiger partial charge in [-0.05, 0) is 36.4 Å². The van der Waals surface area contributed by atoms with Crippen LogP contribution in [-0.2, 0) is 6.54 Å². The number of ether oxygens (including phenoxy) is 2. The number of nitrogens with one attached hydrogen (secondary N) is 1. The number of methoxy groups -OCH3 is 2. The van der Waals surface area contributed by atoms with Gasteiger partial charge in [0, 0.05) is 49.2 Å². The van der Waals surface area contributed by atoms with E-state index < -0.39 is 0 Å². The van der Waals surface area contributed by atoms with Crippen LogP contribution in [0, 0.1) is 5.82 Å². The Kier molecular flexibility index (Phi) is 5.40. The van der Waals surface area contributed by atoms with Crippen molar-refractivity contribution in [2.75, 3.05) is 40.4 Å². The molecule has 0 saturated carbocycles. The molecule has 7 heteroatoms. The van der Waals surface area contributed by atoms with E-state index in [1.54, 1.807) is 32.4 Å². The number of aromatic nitrogens is 1. The zero-order valence-corrected chi connectivity index (χ0v) is 16.6. The van der Waals surface area contributed by atoms with E-state index in [2.05, 4.69) is 9.88 Å². The summed E-state index contributed by atoms with van der Waals surface area (Å²) in [5.41, 5.74) is 2.11. The van der Waals surface area contributed by atoms with Gasteiger partial charge in [-0.3, -0.25) is 9.69 Å². The first-order valence-corrected chi connectivity index (χ1v) is 9.59. The number of hydrogen-bond acceptors (Lipinski definition) is 4. The van der Waals surface area contributed by atoms with Gasteiger partial charge in [-0.15, -0.1) is 0 Å². The van der Waals surface area contributed by atoms with Crippen LogP contribution in [0.15, 0.2) is 42.5 Å². The third kappa shape index (κ3) is 3.91. The van der Waals surface area contributed by atoms with Crippen LogP contribution < -0.4 is 9.47 Å². The van der Waals surface area contributed by atoms with Gasteiger partial charge < -0.3 is 19.4 Å². The molecular weight excluding hydrogens is 373 g/mol. The zero-order chi connectivity index (χ0) is 20.4. The zero-order valence-electron chi connectivity index (χ0n) is 16.6. The molecule has 2 heterocycles. The molecule has 0 bridgehead atoms. The molecule has 0 spiro atoms. The lowest BCUT2D eigenvalue weighted by atomic mass is 10.1. The maximum Gasteiger partial charge on any atom is 0.270 e. The van der Waals surface area contributed by atoms with E-state index in [9.17, 15) is 9.18 Å². The number of hydrogen-bond donors (Lipinski definition) is 1. The predicted octanol–water partition coefficient (Wildman–Crippen LogP) is 3.28. The summed E-state index contributed by atoms with van der Waals surface area (Å²) in [7, 11) is 3.30. The molecule has 0 radical (unpaired) electrons. The van der Waals surface area contributed by atoms with E-state index in [1.165, 1.54) is 6.07 Å². The Balaban J connectivity index is 1.41. The topological polar surface area (TPSA) is 57.8 Å². The highest BCUT2D eigenvalue weighted by Crippen LogP contribution is 2.26. The minimum atomic E-state index is -0.324. The van der Waals surface area contributed by atoms with Gasteiger partial charge in [0.25, 0.3) is 5.91 Å². The molecule has 152 valence electrons. The number of piperazine rings is 1. The number of carbonyl (C=O) groups is 1. The lowest BCUT2D eigenvalue weighted by Gasteiger charge is -2.34. The van der Waals surface area contributed by atoms with Gasteiger partial charge in [0.1, 0.15) is 23.0 Å². The van der Waals surface area contributed by atoms with Crippen molar-refractivity contribution in [3.63, 3.8) is 0 Å². The molecule has 1 N–H and O–H groups in total. The molecular formula is C22H24FN3O3. The molecule has 1 amide bonds. The lowest BCUT2D eigenvalue weighted by molar-refractivity contribution is 0.0622. The van der Waals surface area contributed by atoms with E-state index in [0.29, 0.717) is 29.7 Å². The van der Waals surface area contributed by atoms with Crippen molar-refractivity contribution in [1.29, 1.82) is 0 Å². The van der Waals surface area contributed by atoms with Crippen molar-refractivity contribution in [3.8, 4) is 11.5 Å². The molecule has 29 heavy (non-hydrogen) atoms. The Morgan fingerprint density at radius 2 is 1.86 bits per heavy atom. The number of carbonyl (C=O) groups excluding carboxylic acids is 1. The van der Waals surface area contributed by atoms with Crippen molar-refractivity contribution in [3.05, 3.63) is 59.5 Å². The maximum atomic E-state index is 13.9. The second kappa shape index (κ2) is 8.13. The van der Waals surface area contributed by atoms with Crippen LogP contribution in [-0.4, -0.2) is 61.1 Å². The first kappa shape index (κ1) is 19.3. The van der Waals surface area contributed by atoms with Gasteiger partial charge in [0.05, 0.1) is 14.2 Å². The minimum Gasteiger partial charge on any atom is -0.497 e. The van der Waals surface area contributed by atoms with Crippen LogP contribution in [0.4, 0.5) is 4.39 Å². The molecule has 2 aromatic carbocycles. The standard InChI is InChI=1S/C22H24FN3O3/c1-28-16-6-7-21(29-2)15(12-16)14-25-8-10-26(11-9-25)22(27)20-13-17-18(23)4-3-5-19(17)24-20/h3-7,12-13,24H,8-11,14H2,1-2H3. The summed E-state index contributed by atoms with van der Waals surface area (Å²) in [6, 6.07) is 12.2. The Morgan fingerprint density at radius 1 is 1.07 bits per heavy atom. The molecule has 0 unspecified atom stereocenters. The number of halogens is 1. The largest absolute Gasteiger partial charge is 0.497 e. The first-order valence-electron chi connectivity index (χ1n) is 9.59. The van der Waals surface area contributed by atoms with E-state index >= 15 is 0 Å². The van der Waals surface area contributed by atoms with Gasteiger partial charge in [0.2, 0.25) is 0 Å². The van der Waals surface area contributed by atoms with Gasteiger partial charge in [-0.25, -0.2) is 4.39 Å². The molecule has 3 aromatic rings. The molecule has 1 aliphatic heterocycles. The van der Waals surface area contributed by atoms with Gasteiger partial charge in [-0.1, -0.05) is 6.07 Å². The number of aromatic amines is 1. The van der Waals surface area contributed by atoms with Gasteiger partial charge in [-0.2, -0.15) is 0 Å². The highest BCUT2D eigenvalue weighted by Gasteiger charge is 2.24. The number of fused-ring (bicyclic) bond motifs is 1. The van der Waals surface area contributed by atoms with E-state index in [1.807, 2.05) is 23.1 Å². The first-order chi connectivity index (χ1) is 14.1. The van der Waals surface area contributed by atoms with E-state index in [0.717, 1.165) is 36.7 Å². The van der Waals surface area contributed by atoms with Crippen molar-refractivity contribution in [1.82, 2.24) is 14.8 Å². The van der Waals surface area contributed by atoms with Crippen molar-refractivity contribution in [2.45, 2.75) is 6.54 Å². The average Bonchev–Trinajstić information content (AvgIpc) is 3.19. The number of amides is 1. The third-order valence-electron chi connectivity index (χ3n) is 5.38. The van der Waals surface area contributed by atoms with Crippen LogP contribution in [0.2, 0.25) is 0 Å². The van der Waals surface area contributed by atoms with Crippen molar-refractivity contribution >= 4 is 16.8 Å². The van der Waals surface area contributed by atoms with Crippen LogP contribution in [0.25, 0.3) is 10.9 Å². The molecule has 0 aliphatic carbocycles.